The molecule has 0 aromatic rings. The number of hydrogen-bond acceptors (Lipinski definition) is 4. The third-order valence-corrected chi connectivity index (χ3v) is 1.77. The van der Waals surface area contributed by atoms with Crippen molar-refractivity contribution in [2.24, 2.45) is 0 Å². The molecule has 17 heavy (non-hydrogen) atoms. The molecule has 0 N–H and O–H groups in total. The summed E-state index contributed by atoms with van der Waals surface area (Å²) in [6.45, 7) is 14.8. The Morgan fingerprint density at radius 3 is 2.12 bits per heavy atom. The van der Waals surface area contributed by atoms with Gasteiger partial charge in [-0.1, -0.05) is 19.7 Å². The topological polar surface area (TPSA) is 44.8 Å². The molecule has 4 heteroatoms. The number of allylic oxidation sites excluding steroid dienone is 1. The molecule has 0 aromatic heterocycles. The van der Waals surface area contributed by atoms with E-state index in [0.29, 0.717) is 19.0 Å². The van der Waals surface area contributed by atoms with Crippen molar-refractivity contribution in [2.45, 2.75) is 26.1 Å². The molecule has 0 aromatic carbocycles. The molecule has 0 radical (unpaired) electrons. The van der Waals surface area contributed by atoms with Crippen molar-refractivity contribution < 1.29 is 19.0 Å². The predicted octanol–water partition coefficient (Wildman–Crippen LogP) is 2.23. The summed E-state index contributed by atoms with van der Waals surface area (Å²) in [5.74, 6) is 0.0534. The highest BCUT2D eigenvalue weighted by Crippen LogP contribution is 2.02. The number of carbonyl (C=O) groups excluding carboxylic acids is 1. The van der Waals surface area contributed by atoms with Gasteiger partial charge >= 0.3 is 5.97 Å². The summed E-state index contributed by atoms with van der Waals surface area (Å²) in [5, 5.41) is 0. The minimum atomic E-state index is -0.453. The summed E-state index contributed by atoms with van der Waals surface area (Å²) < 4.78 is 15.6. The Balaban J connectivity index is 3.68. The van der Waals surface area contributed by atoms with Crippen molar-refractivity contribution in [2.75, 3.05) is 13.2 Å². The maximum Gasteiger partial charge on any atom is 0.330 e. The largest absolute Gasteiger partial charge is 0.489 e. The molecule has 2 unspecified atom stereocenters. The summed E-state index contributed by atoms with van der Waals surface area (Å²) in [5.41, 5.74) is 0. The van der Waals surface area contributed by atoms with Gasteiger partial charge < -0.3 is 14.2 Å². The molecule has 0 aliphatic carbocycles. The van der Waals surface area contributed by atoms with Crippen LogP contribution in [-0.2, 0) is 19.0 Å². The van der Waals surface area contributed by atoms with Crippen LogP contribution in [0.3, 0.4) is 0 Å². The van der Waals surface area contributed by atoms with Crippen LogP contribution in [0.4, 0.5) is 0 Å². The van der Waals surface area contributed by atoms with Gasteiger partial charge in [0.25, 0.3) is 0 Å². The second kappa shape index (κ2) is 8.58. The van der Waals surface area contributed by atoms with Gasteiger partial charge in [0, 0.05) is 6.08 Å². The fourth-order valence-corrected chi connectivity index (χ4v) is 1.02. The van der Waals surface area contributed by atoms with Crippen LogP contribution in [-0.4, -0.2) is 31.4 Å². The minimum absolute atomic E-state index is 0.122. The van der Waals surface area contributed by atoms with E-state index in [0.717, 1.165) is 6.08 Å². The van der Waals surface area contributed by atoms with Crippen LogP contribution >= 0.6 is 0 Å². The molecular weight excluding hydrogens is 220 g/mol. The lowest BCUT2D eigenvalue weighted by atomic mass is 10.4. The lowest BCUT2D eigenvalue weighted by molar-refractivity contribution is -0.145. The Kier molecular flexibility index (Phi) is 7.80. The van der Waals surface area contributed by atoms with E-state index < -0.39 is 5.97 Å². The first-order valence-electron chi connectivity index (χ1n) is 5.38. The molecule has 0 bridgehead atoms. The highest BCUT2D eigenvalue weighted by molar-refractivity contribution is 5.81. The Bertz CT molecular complexity index is 255. The summed E-state index contributed by atoms with van der Waals surface area (Å²) in [7, 11) is 0. The van der Waals surface area contributed by atoms with E-state index in [1.165, 1.54) is 6.08 Å². The fraction of sp³-hybridized carbons (Fsp3) is 0.462. The summed E-state index contributed by atoms with van der Waals surface area (Å²) in [4.78, 5) is 10.9. The first-order chi connectivity index (χ1) is 7.99. The molecule has 0 fully saturated rings. The maximum atomic E-state index is 10.9. The molecule has 0 amide bonds. The molecule has 0 saturated heterocycles. The van der Waals surface area contributed by atoms with Gasteiger partial charge in [0.05, 0.1) is 13.2 Å². The Morgan fingerprint density at radius 2 is 1.65 bits per heavy atom. The average molecular weight is 240 g/mol. The van der Waals surface area contributed by atoms with Crippen LogP contribution in [0.15, 0.2) is 37.6 Å². The average Bonchev–Trinajstić information content (AvgIpc) is 2.28. The smallest absolute Gasteiger partial charge is 0.330 e. The Hall–Kier alpha value is -1.55. The molecule has 0 saturated carbocycles. The fourth-order valence-electron chi connectivity index (χ4n) is 1.02. The number of ether oxygens (including phenoxy) is 3. The number of esters is 1. The van der Waals surface area contributed by atoms with Crippen LogP contribution < -0.4 is 0 Å². The lowest BCUT2D eigenvalue weighted by Gasteiger charge is -2.17. The normalized spacial score (nSPS) is 13.3. The van der Waals surface area contributed by atoms with Crippen molar-refractivity contribution in [1.82, 2.24) is 0 Å². The second-order valence-electron chi connectivity index (χ2n) is 3.59. The highest BCUT2D eigenvalue weighted by atomic mass is 16.6. The molecule has 0 heterocycles. The van der Waals surface area contributed by atoms with Gasteiger partial charge in [0.2, 0.25) is 0 Å². The SMILES string of the molecule is C=CC(=C)OC(C)COCC(C)OC(=O)C=C. The van der Waals surface area contributed by atoms with E-state index in [-0.39, 0.29) is 12.2 Å². The summed E-state index contributed by atoms with van der Waals surface area (Å²) >= 11 is 0. The molecular formula is C13H20O4. The third-order valence-electron chi connectivity index (χ3n) is 1.77. The van der Waals surface area contributed by atoms with Crippen molar-refractivity contribution in [1.29, 1.82) is 0 Å². The molecule has 4 nitrogen and oxygen atoms in total. The number of hydrogen-bond donors (Lipinski definition) is 0. The Morgan fingerprint density at radius 1 is 1.12 bits per heavy atom. The van der Waals surface area contributed by atoms with Crippen molar-refractivity contribution >= 4 is 5.97 Å². The molecule has 0 aliphatic heterocycles. The zero-order valence-corrected chi connectivity index (χ0v) is 10.5. The monoisotopic (exact) mass is 240 g/mol. The molecule has 0 aliphatic rings. The van der Waals surface area contributed by atoms with Gasteiger partial charge in [-0.25, -0.2) is 4.79 Å². The summed E-state index contributed by atoms with van der Waals surface area (Å²) in [6.07, 6.45) is 2.22. The second-order valence-corrected chi connectivity index (χ2v) is 3.59. The van der Waals surface area contributed by atoms with Gasteiger partial charge in [-0.05, 0) is 19.9 Å². The molecule has 0 spiro atoms. The van der Waals surface area contributed by atoms with Gasteiger partial charge in [0.1, 0.15) is 18.0 Å². The molecule has 0 rings (SSSR count). The molecule has 96 valence electrons. The third kappa shape index (κ3) is 8.28. The van der Waals surface area contributed by atoms with E-state index in [9.17, 15) is 4.79 Å². The van der Waals surface area contributed by atoms with E-state index in [1.54, 1.807) is 6.92 Å². The van der Waals surface area contributed by atoms with E-state index in [4.69, 9.17) is 14.2 Å². The first-order valence-corrected chi connectivity index (χ1v) is 5.38. The van der Waals surface area contributed by atoms with Crippen LogP contribution in [0.5, 0.6) is 0 Å². The van der Waals surface area contributed by atoms with Crippen LogP contribution in [0, 0.1) is 0 Å². The highest BCUT2D eigenvalue weighted by Gasteiger charge is 2.08. The maximum absolute atomic E-state index is 10.9. The van der Waals surface area contributed by atoms with Gasteiger partial charge in [0.15, 0.2) is 0 Å². The first kappa shape index (κ1) is 15.4. The minimum Gasteiger partial charge on any atom is -0.489 e. The van der Waals surface area contributed by atoms with Gasteiger partial charge in [-0.15, -0.1) is 0 Å². The van der Waals surface area contributed by atoms with Crippen LogP contribution in [0.25, 0.3) is 0 Å². The number of rotatable bonds is 9. The van der Waals surface area contributed by atoms with Crippen molar-refractivity contribution in [3.05, 3.63) is 37.6 Å². The standard InChI is InChI=1S/C13H20O4/c1-6-10(3)16-11(4)8-15-9-12(5)17-13(14)7-2/h6-7,11-12H,1-3,8-9H2,4-5H3. The zero-order chi connectivity index (χ0) is 13.3. The number of carbonyl (C=O) groups is 1. The van der Waals surface area contributed by atoms with Crippen LogP contribution in [0.2, 0.25) is 0 Å². The Labute approximate surface area is 103 Å². The van der Waals surface area contributed by atoms with E-state index in [1.807, 2.05) is 6.92 Å². The quantitative estimate of drug-likeness (QED) is 0.268. The van der Waals surface area contributed by atoms with E-state index >= 15 is 0 Å². The van der Waals surface area contributed by atoms with Gasteiger partial charge in [-0.2, -0.15) is 0 Å². The van der Waals surface area contributed by atoms with Crippen molar-refractivity contribution in [3.63, 3.8) is 0 Å². The lowest BCUT2D eigenvalue weighted by Crippen LogP contribution is -2.23. The van der Waals surface area contributed by atoms with Crippen LogP contribution in [0.1, 0.15) is 13.8 Å². The zero-order valence-electron chi connectivity index (χ0n) is 10.5. The molecule has 2 atom stereocenters. The van der Waals surface area contributed by atoms with E-state index in [2.05, 4.69) is 19.7 Å². The predicted molar refractivity (Wildman–Crippen MR) is 66.5 cm³/mol. The van der Waals surface area contributed by atoms with Crippen molar-refractivity contribution in [3.8, 4) is 0 Å². The summed E-state index contributed by atoms with van der Waals surface area (Å²) in [6, 6.07) is 0. The van der Waals surface area contributed by atoms with Gasteiger partial charge in [-0.3, -0.25) is 0 Å².